The third-order valence-corrected chi connectivity index (χ3v) is 10.6. The maximum absolute atomic E-state index is 4.09. The standard InChI is InChI=1S/C40H28N4/c1-2-10-25(11-3-1)39-37(41-40-22-5-4-20-34(40)44(39)40)27-13-6-14-28(24-27)43-32-18-8-15-29-30-16-7-12-26-21-23-42(38(26)30)31-17-9-19-33(43)36(31)35(29)32/h1-24,34,37,39,41H. The number of rotatable bonds is 3. The summed E-state index contributed by atoms with van der Waals surface area (Å²) in [6.45, 7) is 0. The second kappa shape index (κ2) is 8.06. The van der Waals surface area contributed by atoms with Crippen molar-refractivity contribution in [3.8, 4) is 5.69 Å². The van der Waals surface area contributed by atoms with Gasteiger partial charge in [0.1, 0.15) is 5.66 Å². The first kappa shape index (κ1) is 23.3. The Hall–Kier alpha value is -5.16. The molecule has 0 bridgehead atoms. The zero-order valence-corrected chi connectivity index (χ0v) is 23.9. The van der Waals surface area contributed by atoms with Gasteiger partial charge in [-0.1, -0.05) is 97.1 Å². The van der Waals surface area contributed by atoms with Crippen LogP contribution in [0.3, 0.4) is 0 Å². The first-order valence-electron chi connectivity index (χ1n) is 15.6. The lowest BCUT2D eigenvalue weighted by atomic mass is 9.92. The molecule has 2 aliphatic heterocycles. The van der Waals surface area contributed by atoms with Crippen LogP contribution < -0.4 is 5.32 Å². The number of nitrogens with zero attached hydrogens (tertiary/aromatic N) is 3. The molecule has 1 spiro atoms. The molecule has 2 saturated heterocycles. The normalized spacial score (nSPS) is 25.5. The summed E-state index contributed by atoms with van der Waals surface area (Å²) in [5.41, 5.74) is 8.77. The minimum Gasteiger partial charge on any atom is -0.315 e. The van der Waals surface area contributed by atoms with Gasteiger partial charge in [0.05, 0.1) is 40.2 Å². The Morgan fingerprint density at radius 3 is 2.34 bits per heavy atom. The van der Waals surface area contributed by atoms with E-state index < -0.39 is 0 Å². The maximum atomic E-state index is 4.09. The summed E-state index contributed by atoms with van der Waals surface area (Å²) in [7, 11) is 0. The van der Waals surface area contributed by atoms with Gasteiger partial charge in [0.25, 0.3) is 0 Å². The number of fused-ring (bicyclic) bond motifs is 3. The summed E-state index contributed by atoms with van der Waals surface area (Å²) >= 11 is 0. The van der Waals surface area contributed by atoms with E-state index in [0.717, 1.165) is 0 Å². The minimum atomic E-state index is -0.0981. The molecule has 0 saturated carbocycles. The largest absolute Gasteiger partial charge is 0.315 e. The van der Waals surface area contributed by atoms with Crippen molar-refractivity contribution < 1.29 is 0 Å². The second-order valence-electron chi connectivity index (χ2n) is 12.6. The summed E-state index contributed by atoms with van der Waals surface area (Å²) < 4.78 is 4.87. The third-order valence-electron chi connectivity index (χ3n) is 10.6. The lowest BCUT2D eigenvalue weighted by Gasteiger charge is -2.26. The monoisotopic (exact) mass is 564 g/mol. The van der Waals surface area contributed by atoms with E-state index in [2.05, 4.69) is 165 Å². The van der Waals surface area contributed by atoms with Crippen molar-refractivity contribution in [1.29, 1.82) is 0 Å². The molecule has 44 heavy (non-hydrogen) atoms. The highest BCUT2D eigenvalue weighted by Crippen LogP contribution is 2.59. The predicted molar refractivity (Wildman–Crippen MR) is 180 cm³/mol. The summed E-state index contributed by atoms with van der Waals surface area (Å²) in [4.78, 5) is 2.64. The van der Waals surface area contributed by atoms with Crippen LogP contribution in [0.4, 0.5) is 0 Å². The minimum absolute atomic E-state index is 0.0981. The lowest BCUT2D eigenvalue weighted by Crippen LogP contribution is -2.34. The van der Waals surface area contributed by atoms with Crippen LogP contribution >= 0.6 is 0 Å². The zero-order valence-electron chi connectivity index (χ0n) is 23.9. The van der Waals surface area contributed by atoms with Crippen molar-refractivity contribution in [2.75, 3.05) is 0 Å². The number of allylic oxidation sites excluding steroid dienone is 2. The van der Waals surface area contributed by atoms with Crippen molar-refractivity contribution in [2.45, 2.75) is 23.8 Å². The summed E-state index contributed by atoms with van der Waals surface area (Å²) in [5, 5.41) is 10.6. The topological polar surface area (TPSA) is 24.4 Å². The fraction of sp³-hybridized carbons (Fsp3) is 0.100. The predicted octanol–water partition coefficient (Wildman–Crippen LogP) is 8.67. The molecule has 4 nitrogen and oxygen atoms in total. The van der Waals surface area contributed by atoms with Crippen LogP contribution in [0.25, 0.3) is 54.7 Å². The van der Waals surface area contributed by atoms with Gasteiger partial charge < -0.3 is 8.97 Å². The number of piperazine rings is 1. The lowest BCUT2D eigenvalue weighted by molar-refractivity contribution is 0.375. The van der Waals surface area contributed by atoms with Crippen LogP contribution in [0.1, 0.15) is 23.2 Å². The second-order valence-corrected chi connectivity index (χ2v) is 12.6. The third kappa shape index (κ3) is 2.76. The Bertz CT molecular complexity index is 2490. The highest BCUT2D eigenvalue weighted by atomic mass is 15.6. The molecule has 5 atom stereocenters. The molecular weight excluding hydrogens is 536 g/mol. The van der Waals surface area contributed by atoms with E-state index in [0.29, 0.717) is 6.04 Å². The Labute approximate surface area is 254 Å². The number of benzene rings is 5. The van der Waals surface area contributed by atoms with E-state index in [-0.39, 0.29) is 17.7 Å². The summed E-state index contributed by atoms with van der Waals surface area (Å²) in [6, 6.07) is 43.6. The van der Waals surface area contributed by atoms with E-state index in [1.54, 1.807) is 0 Å². The van der Waals surface area contributed by atoms with Gasteiger partial charge in [-0.2, -0.15) is 0 Å². The van der Waals surface area contributed by atoms with Crippen molar-refractivity contribution in [3.05, 3.63) is 157 Å². The highest BCUT2D eigenvalue weighted by Gasteiger charge is 2.70. The van der Waals surface area contributed by atoms with Gasteiger partial charge in [-0.25, -0.2) is 0 Å². The van der Waals surface area contributed by atoms with E-state index in [1.807, 2.05) is 0 Å². The number of nitrogens with one attached hydrogen (secondary N) is 1. The fourth-order valence-corrected chi connectivity index (χ4v) is 8.78. The fourth-order valence-electron chi connectivity index (χ4n) is 8.78. The number of hydrogen-bond donors (Lipinski definition) is 1. The number of aromatic nitrogens is 2. The Morgan fingerprint density at radius 2 is 1.41 bits per heavy atom. The van der Waals surface area contributed by atoms with Gasteiger partial charge >= 0.3 is 0 Å². The number of para-hydroxylation sites is 1. The molecule has 4 heteroatoms. The smallest absolute Gasteiger partial charge is 0.112 e. The quantitative estimate of drug-likeness (QED) is 0.217. The molecule has 208 valence electrons. The Morgan fingerprint density at radius 1 is 0.636 bits per heavy atom. The van der Waals surface area contributed by atoms with E-state index in [1.165, 1.54) is 65.8 Å². The van der Waals surface area contributed by atoms with Gasteiger partial charge in [0.15, 0.2) is 0 Å². The van der Waals surface area contributed by atoms with Gasteiger partial charge in [0, 0.05) is 33.4 Å². The van der Waals surface area contributed by atoms with E-state index >= 15 is 0 Å². The van der Waals surface area contributed by atoms with Crippen LogP contribution in [0.15, 0.2) is 146 Å². The van der Waals surface area contributed by atoms with Gasteiger partial charge in [-0.3, -0.25) is 10.2 Å². The molecule has 8 aromatic rings. The van der Waals surface area contributed by atoms with Crippen LogP contribution in [0.2, 0.25) is 0 Å². The summed E-state index contributed by atoms with van der Waals surface area (Å²) in [5.74, 6) is 0. The molecular formula is C40H28N4. The van der Waals surface area contributed by atoms with Gasteiger partial charge in [0.2, 0.25) is 0 Å². The molecule has 5 unspecified atom stereocenters. The molecule has 3 aromatic heterocycles. The Balaban J connectivity index is 1.16. The van der Waals surface area contributed by atoms with Gasteiger partial charge in [-0.15, -0.1) is 0 Å². The molecule has 5 heterocycles. The van der Waals surface area contributed by atoms with Gasteiger partial charge in [-0.05, 0) is 59.0 Å². The molecule has 11 rings (SSSR count). The average Bonchev–Trinajstić information content (AvgIpc) is 3.34. The molecule has 3 aliphatic rings. The van der Waals surface area contributed by atoms with Crippen LogP contribution in [-0.2, 0) is 0 Å². The molecule has 0 radical (unpaired) electrons. The highest BCUT2D eigenvalue weighted by molar-refractivity contribution is 6.28. The number of hydrogen-bond acceptors (Lipinski definition) is 2. The van der Waals surface area contributed by atoms with E-state index in [4.69, 9.17) is 0 Å². The average molecular weight is 565 g/mol. The van der Waals surface area contributed by atoms with Crippen molar-refractivity contribution in [1.82, 2.24) is 19.2 Å². The van der Waals surface area contributed by atoms with Crippen molar-refractivity contribution >= 4 is 49.0 Å². The molecule has 1 N–H and O–H groups in total. The maximum Gasteiger partial charge on any atom is 0.112 e. The van der Waals surface area contributed by atoms with Crippen molar-refractivity contribution in [3.63, 3.8) is 0 Å². The van der Waals surface area contributed by atoms with Crippen molar-refractivity contribution in [2.24, 2.45) is 0 Å². The van der Waals surface area contributed by atoms with Crippen LogP contribution in [-0.4, -0.2) is 25.6 Å². The molecule has 1 aliphatic carbocycles. The molecule has 0 amide bonds. The first-order valence-corrected chi connectivity index (χ1v) is 15.6. The van der Waals surface area contributed by atoms with E-state index in [9.17, 15) is 0 Å². The Kier molecular flexibility index (Phi) is 4.27. The zero-order chi connectivity index (χ0) is 28.6. The van der Waals surface area contributed by atoms with Crippen LogP contribution in [0.5, 0.6) is 0 Å². The first-order chi connectivity index (χ1) is 21.8. The SMILES string of the molecule is C1=CC2N3C(c4ccccc4)C(c4cccc(-n5c6cccc7c8cccc9ccn(c%10cccc5c%10c76)c98)c4)NC23C=C1. The molecule has 5 aromatic carbocycles. The van der Waals surface area contributed by atoms with Crippen LogP contribution in [0, 0.1) is 0 Å². The summed E-state index contributed by atoms with van der Waals surface area (Å²) in [6.07, 6.45) is 11.3. The molecule has 2 fully saturated rings.